The van der Waals surface area contributed by atoms with Gasteiger partial charge in [0, 0.05) is 24.8 Å². The SMILES string of the molecule is O=C1OC(Cn2ccnn2)CN1c1ccc(-c2ccc(CN3C=NCC3)cc2)c(F)c1. The van der Waals surface area contributed by atoms with Gasteiger partial charge in [0.2, 0.25) is 0 Å². The summed E-state index contributed by atoms with van der Waals surface area (Å²) in [6.07, 6.45) is 4.27. The molecule has 0 spiro atoms. The van der Waals surface area contributed by atoms with Crippen molar-refractivity contribution in [2.24, 2.45) is 4.99 Å². The van der Waals surface area contributed by atoms with Gasteiger partial charge in [0.25, 0.3) is 0 Å². The molecule has 1 amide bonds. The molecule has 0 aliphatic carbocycles. The molecule has 1 unspecified atom stereocenters. The molecule has 0 saturated carbocycles. The van der Waals surface area contributed by atoms with Crippen molar-refractivity contribution in [3.05, 3.63) is 66.2 Å². The van der Waals surface area contributed by atoms with E-state index in [1.54, 1.807) is 29.2 Å². The lowest BCUT2D eigenvalue weighted by Gasteiger charge is -2.15. The van der Waals surface area contributed by atoms with E-state index in [1.165, 1.54) is 11.0 Å². The number of rotatable bonds is 6. The first kappa shape index (κ1) is 19.2. The highest BCUT2D eigenvalue weighted by molar-refractivity contribution is 5.90. The standard InChI is InChI=1S/C22H21FN6O2/c23-21-11-18(29-14-19(31-22(29)30)13-28-10-8-25-26-28)5-6-20(21)17-3-1-16(2-4-17)12-27-9-7-24-15-27/h1-6,8,10-11,15,19H,7,9,12-14H2. The molecule has 31 heavy (non-hydrogen) atoms. The Hall–Kier alpha value is -3.75. The molecule has 8 nitrogen and oxygen atoms in total. The molecule has 0 radical (unpaired) electrons. The average Bonchev–Trinajstić information content (AvgIpc) is 3.52. The summed E-state index contributed by atoms with van der Waals surface area (Å²) in [5, 5.41) is 7.63. The van der Waals surface area contributed by atoms with Crippen LogP contribution >= 0.6 is 0 Å². The minimum Gasteiger partial charge on any atom is -0.442 e. The van der Waals surface area contributed by atoms with Crippen LogP contribution < -0.4 is 4.90 Å². The molecule has 0 bridgehead atoms. The molecule has 5 rings (SSSR count). The molecule has 2 aliphatic rings. The van der Waals surface area contributed by atoms with Crippen molar-refractivity contribution in [1.29, 1.82) is 0 Å². The third-order valence-corrected chi connectivity index (χ3v) is 5.41. The van der Waals surface area contributed by atoms with E-state index in [0.29, 0.717) is 24.3 Å². The summed E-state index contributed by atoms with van der Waals surface area (Å²) in [5.74, 6) is -0.385. The lowest BCUT2D eigenvalue weighted by molar-refractivity contribution is 0.129. The molecular formula is C22H21FN6O2. The van der Waals surface area contributed by atoms with Crippen LogP contribution in [0.15, 0.2) is 59.9 Å². The van der Waals surface area contributed by atoms with Crippen molar-refractivity contribution in [3.63, 3.8) is 0 Å². The maximum atomic E-state index is 14.9. The van der Waals surface area contributed by atoms with Gasteiger partial charge >= 0.3 is 6.09 Å². The Balaban J connectivity index is 1.28. The third kappa shape index (κ3) is 4.11. The lowest BCUT2D eigenvalue weighted by Crippen LogP contribution is -2.26. The van der Waals surface area contributed by atoms with Crippen LogP contribution in [0, 0.1) is 5.82 Å². The minimum atomic E-state index is -0.493. The van der Waals surface area contributed by atoms with Gasteiger partial charge in [-0.25, -0.2) is 13.9 Å². The number of ether oxygens (including phenoxy) is 1. The Bertz CT molecular complexity index is 1100. The quantitative estimate of drug-likeness (QED) is 0.613. The van der Waals surface area contributed by atoms with Gasteiger partial charge in [-0.3, -0.25) is 9.89 Å². The number of aliphatic imine (C=N–C) groups is 1. The van der Waals surface area contributed by atoms with E-state index in [-0.39, 0.29) is 11.9 Å². The number of amides is 1. The second-order valence-corrected chi connectivity index (χ2v) is 7.59. The molecule has 9 heteroatoms. The molecule has 1 aromatic heterocycles. The van der Waals surface area contributed by atoms with E-state index < -0.39 is 6.09 Å². The van der Waals surface area contributed by atoms with Gasteiger partial charge in [0.05, 0.1) is 37.9 Å². The molecule has 0 N–H and O–H groups in total. The predicted molar refractivity (Wildman–Crippen MR) is 113 cm³/mol. The maximum absolute atomic E-state index is 14.9. The number of carbonyl (C=O) groups excluding carboxylic acids is 1. The Morgan fingerprint density at radius 1 is 1.16 bits per heavy atom. The maximum Gasteiger partial charge on any atom is 0.414 e. The lowest BCUT2D eigenvalue weighted by atomic mass is 10.0. The highest BCUT2D eigenvalue weighted by Crippen LogP contribution is 2.29. The first-order valence-corrected chi connectivity index (χ1v) is 10.1. The normalized spacial score (nSPS) is 18.1. The van der Waals surface area contributed by atoms with Gasteiger partial charge in [0.1, 0.15) is 11.9 Å². The number of carbonyl (C=O) groups is 1. The van der Waals surface area contributed by atoms with Gasteiger partial charge in [-0.2, -0.15) is 0 Å². The summed E-state index contributed by atoms with van der Waals surface area (Å²) < 4.78 is 21.9. The zero-order valence-electron chi connectivity index (χ0n) is 16.8. The topological polar surface area (TPSA) is 75.9 Å². The van der Waals surface area contributed by atoms with Gasteiger partial charge in [-0.05, 0) is 29.3 Å². The van der Waals surface area contributed by atoms with Gasteiger partial charge in [0.15, 0.2) is 0 Å². The largest absolute Gasteiger partial charge is 0.442 e. The van der Waals surface area contributed by atoms with E-state index in [2.05, 4.69) is 20.2 Å². The van der Waals surface area contributed by atoms with Crippen LogP contribution in [-0.4, -0.2) is 58.1 Å². The second-order valence-electron chi connectivity index (χ2n) is 7.59. The number of hydrogen-bond donors (Lipinski definition) is 0. The van der Waals surface area contributed by atoms with Gasteiger partial charge in [-0.15, -0.1) is 5.10 Å². The van der Waals surface area contributed by atoms with Crippen LogP contribution in [0.3, 0.4) is 0 Å². The van der Waals surface area contributed by atoms with Crippen molar-refractivity contribution < 1.29 is 13.9 Å². The number of benzene rings is 2. The summed E-state index contributed by atoms with van der Waals surface area (Å²) in [6, 6.07) is 12.7. The van der Waals surface area contributed by atoms with Gasteiger partial charge < -0.3 is 9.64 Å². The summed E-state index contributed by atoms with van der Waals surface area (Å²) >= 11 is 0. The molecule has 158 valence electrons. The summed E-state index contributed by atoms with van der Waals surface area (Å²) in [7, 11) is 0. The fourth-order valence-corrected chi connectivity index (χ4v) is 3.83. The number of hydrogen-bond acceptors (Lipinski definition) is 6. The zero-order valence-corrected chi connectivity index (χ0v) is 16.8. The van der Waals surface area contributed by atoms with Crippen molar-refractivity contribution >= 4 is 18.1 Å². The molecule has 1 fully saturated rings. The third-order valence-electron chi connectivity index (χ3n) is 5.41. The van der Waals surface area contributed by atoms with Crippen molar-refractivity contribution in [2.75, 3.05) is 24.5 Å². The van der Waals surface area contributed by atoms with E-state index >= 15 is 0 Å². The van der Waals surface area contributed by atoms with Crippen molar-refractivity contribution in [1.82, 2.24) is 19.9 Å². The van der Waals surface area contributed by atoms with Gasteiger partial charge in [-0.1, -0.05) is 29.5 Å². The summed E-state index contributed by atoms with van der Waals surface area (Å²) in [5.41, 5.74) is 2.89. The highest BCUT2D eigenvalue weighted by Gasteiger charge is 2.33. The van der Waals surface area contributed by atoms with E-state index in [4.69, 9.17) is 4.74 Å². The minimum absolute atomic E-state index is 0.325. The number of anilines is 1. The first-order valence-electron chi connectivity index (χ1n) is 10.1. The van der Waals surface area contributed by atoms with Crippen LogP contribution in [0.25, 0.3) is 11.1 Å². The molecule has 1 saturated heterocycles. The number of aromatic nitrogens is 3. The Kier molecular flexibility index (Phi) is 5.07. The molecule has 2 aromatic carbocycles. The highest BCUT2D eigenvalue weighted by atomic mass is 19.1. The van der Waals surface area contributed by atoms with Crippen molar-refractivity contribution in [3.8, 4) is 11.1 Å². The molecule has 2 aliphatic heterocycles. The fourth-order valence-electron chi connectivity index (χ4n) is 3.83. The average molecular weight is 420 g/mol. The number of cyclic esters (lactones) is 1. The van der Waals surface area contributed by atoms with E-state index in [9.17, 15) is 9.18 Å². The van der Waals surface area contributed by atoms with Crippen LogP contribution in [0.4, 0.5) is 14.9 Å². The Morgan fingerprint density at radius 2 is 2.03 bits per heavy atom. The van der Waals surface area contributed by atoms with E-state index in [0.717, 1.165) is 30.8 Å². The second kappa shape index (κ2) is 8.17. The summed E-state index contributed by atoms with van der Waals surface area (Å²) in [6.45, 7) is 3.28. The fraction of sp³-hybridized carbons (Fsp3) is 0.273. The monoisotopic (exact) mass is 420 g/mol. The predicted octanol–water partition coefficient (Wildman–Crippen LogP) is 2.95. The Labute approximate surface area is 178 Å². The molecule has 3 heterocycles. The van der Waals surface area contributed by atoms with Crippen molar-refractivity contribution in [2.45, 2.75) is 19.2 Å². The summed E-state index contributed by atoms with van der Waals surface area (Å²) in [4.78, 5) is 20.1. The number of nitrogens with zero attached hydrogens (tertiary/aromatic N) is 6. The van der Waals surface area contributed by atoms with Crippen LogP contribution in [0.5, 0.6) is 0 Å². The van der Waals surface area contributed by atoms with Crippen LogP contribution in [0.1, 0.15) is 5.56 Å². The molecule has 1 atom stereocenters. The van der Waals surface area contributed by atoms with Crippen LogP contribution in [-0.2, 0) is 17.8 Å². The molecular weight excluding hydrogens is 399 g/mol. The number of halogens is 1. The smallest absolute Gasteiger partial charge is 0.414 e. The first-order chi connectivity index (χ1) is 15.2. The molecule has 3 aromatic rings. The van der Waals surface area contributed by atoms with E-state index in [1.807, 2.05) is 30.6 Å². The zero-order chi connectivity index (χ0) is 21.2. The Morgan fingerprint density at radius 3 is 2.74 bits per heavy atom. The van der Waals surface area contributed by atoms with Crippen LogP contribution in [0.2, 0.25) is 0 Å².